The second-order valence-electron chi connectivity index (χ2n) is 10.3. The maximum Gasteiger partial charge on any atom is 0.224 e. The molecule has 0 aliphatic heterocycles. The molecule has 0 aliphatic carbocycles. The third kappa shape index (κ3) is 8.97. The summed E-state index contributed by atoms with van der Waals surface area (Å²) in [7, 11) is 0. The second kappa shape index (κ2) is 14.5. The Bertz CT molecular complexity index is 1350. The summed E-state index contributed by atoms with van der Waals surface area (Å²) >= 11 is 1.57. The Morgan fingerprint density at radius 2 is 1.82 bits per heavy atom. The number of thiazole rings is 1. The van der Waals surface area contributed by atoms with Gasteiger partial charge in [-0.15, -0.1) is 11.3 Å². The molecule has 2 atom stereocenters. The molecule has 3 rings (SSSR count). The van der Waals surface area contributed by atoms with Gasteiger partial charge in [-0.25, -0.2) is 4.98 Å². The summed E-state index contributed by atoms with van der Waals surface area (Å²) < 4.78 is 1.08. The van der Waals surface area contributed by atoms with Crippen molar-refractivity contribution in [1.82, 2.24) is 10.3 Å². The number of rotatable bonds is 15. The number of nitrogens with zero attached hydrogens (tertiary/aromatic N) is 2. The number of Topliss-reactive ketones (excluding diaryl/α,β-unsaturated/α-hetero) is 2. The molecule has 0 radical (unpaired) electrons. The molecule has 1 heterocycles. The Kier molecular flexibility index (Phi) is 11.1. The summed E-state index contributed by atoms with van der Waals surface area (Å²) in [5.74, 6) is -0.633. The minimum atomic E-state index is -0.558. The van der Waals surface area contributed by atoms with Gasteiger partial charge < -0.3 is 5.32 Å². The maximum absolute atomic E-state index is 13.6. The summed E-state index contributed by atoms with van der Waals surface area (Å²) in [4.78, 5) is 43.3. The molecular formula is C32H37N3O3S. The van der Waals surface area contributed by atoms with Gasteiger partial charge in [0, 0.05) is 31.7 Å². The van der Waals surface area contributed by atoms with Gasteiger partial charge in [0.2, 0.25) is 5.91 Å². The maximum atomic E-state index is 13.6. The summed E-state index contributed by atoms with van der Waals surface area (Å²) in [6.45, 7) is 9.77. The molecule has 0 bridgehead atoms. The summed E-state index contributed by atoms with van der Waals surface area (Å²) in [6.07, 6.45) is 2.70. The molecule has 1 N–H and O–H groups in total. The van der Waals surface area contributed by atoms with E-state index >= 15 is 0 Å². The van der Waals surface area contributed by atoms with Crippen LogP contribution in [0.25, 0.3) is 10.2 Å². The van der Waals surface area contributed by atoms with Crippen molar-refractivity contribution in [2.75, 3.05) is 0 Å². The Morgan fingerprint density at radius 3 is 2.49 bits per heavy atom. The van der Waals surface area contributed by atoms with Crippen LogP contribution in [0.2, 0.25) is 0 Å². The normalized spacial score (nSPS) is 12.6. The van der Waals surface area contributed by atoms with Crippen LogP contribution in [0.15, 0.2) is 60.7 Å². The van der Waals surface area contributed by atoms with Gasteiger partial charge in [-0.05, 0) is 48.4 Å². The fourth-order valence-electron chi connectivity index (χ4n) is 4.52. The molecule has 2 aromatic carbocycles. The topological polar surface area (TPSA) is 99.9 Å². The average molecular weight is 544 g/mol. The van der Waals surface area contributed by atoms with Crippen molar-refractivity contribution in [2.45, 2.75) is 77.7 Å². The number of carbonyl (C=O) groups excluding carboxylic acids is 3. The number of aromatic nitrogens is 1. The van der Waals surface area contributed by atoms with Crippen molar-refractivity contribution in [3.05, 3.63) is 76.8 Å². The molecule has 204 valence electrons. The van der Waals surface area contributed by atoms with Crippen LogP contribution in [0.4, 0.5) is 0 Å². The number of ketones is 2. The number of nitriles is 1. The SMILES string of the molecule is C=C(C#N)C(=O)CC[C@H](Cc1ccccc1)NC(=O)[C@@H](CC(=O)CCC)Cc1nc2ccc(C(C)C)cc2s1. The van der Waals surface area contributed by atoms with Crippen molar-refractivity contribution in [3.63, 3.8) is 0 Å². The number of benzene rings is 2. The molecule has 1 amide bonds. The van der Waals surface area contributed by atoms with E-state index in [1.807, 2.05) is 43.3 Å². The van der Waals surface area contributed by atoms with Crippen LogP contribution in [0.1, 0.15) is 74.9 Å². The number of allylic oxidation sites excluding steroid dienone is 1. The van der Waals surface area contributed by atoms with Gasteiger partial charge in [-0.2, -0.15) is 5.26 Å². The van der Waals surface area contributed by atoms with Gasteiger partial charge in [0.05, 0.1) is 26.7 Å². The lowest BCUT2D eigenvalue weighted by Gasteiger charge is -2.22. The lowest BCUT2D eigenvalue weighted by molar-refractivity contribution is -0.130. The van der Waals surface area contributed by atoms with Crippen LogP contribution in [0, 0.1) is 17.2 Å². The molecule has 3 aromatic rings. The first-order valence-corrected chi connectivity index (χ1v) is 14.4. The van der Waals surface area contributed by atoms with Crippen LogP contribution in [0.5, 0.6) is 0 Å². The number of hydrogen-bond acceptors (Lipinski definition) is 6. The van der Waals surface area contributed by atoms with Gasteiger partial charge in [-0.3, -0.25) is 14.4 Å². The number of amides is 1. The highest BCUT2D eigenvalue weighted by Crippen LogP contribution is 2.28. The van der Waals surface area contributed by atoms with Gasteiger partial charge >= 0.3 is 0 Å². The molecular weight excluding hydrogens is 506 g/mol. The number of hydrogen-bond donors (Lipinski definition) is 1. The van der Waals surface area contributed by atoms with Crippen LogP contribution in [0.3, 0.4) is 0 Å². The van der Waals surface area contributed by atoms with E-state index in [-0.39, 0.29) is 41.9 Å². The lowest BCUT2D eigenvalue weighted by Crippen LogP contribution is -2.41. The van der Waals surface area contributed by atoms with Crippen LogP contribution >= 0.6 is 11.3 Å². The molecule has 0 saturated carbocycles. The highest BCUT2D eigenvalue weighted by Gasteiger charge is 2.26. The Hall–Kier alpha value is -3.63. The van der Waals surface area contributed by atoms with Crippen LogP contribution in [-0.2, 0) is 27.2 Å². The van der Waals surface area contributed by atoms with Gasteiger partial charge in [0.1, 0.15) is 11.9 Å². The van der Waals surface area contributed by atoms with Gasteiger partial charge in [0.15, 0.2) is 5.78 Å². The third-order valence-corrected chi connectivity index (χ3v) is 7.82. The van der Waals surface area contributed by atoms with Crippen molar-refractivity contribution >= 4 is 39.0 Å². The first-order chi connectivity index (χ1) is 18.7. The summed E-state index contributed by atoms with van der Waals surface area (Å²) in [5, 5.41) is 13.0. The Balaban J connectivity index is 1.81. The first kappa shape index (κ1) is 29.9. The quantitative estimate of drug-likeness (QED) is 0.174. The molecule has 0 aliphatic rings. The fraction of sp³-hybridized carbons (Fsp3) is 0.406. The monoisotopic (exact) mass is 543 g/mol. The van der Waals surface area contributed by atoms with Gasteiger partial charge in [-0.1, -0.05) is 63.7 Å². The second-order valence-corrected chi connectivity index (χ2v) is 11.4. The van der Waals surface area contributed by atoms with Crippen LogP contribution < -0.4 is 5.32 Å². The van der Waals surface area contributed by atoms with E-state index in [4.69, 9.17) is 10.2 Å². The van der Waals surface area contributed by atoms with E-state index in [0.29, 0.717) is 31.6 Å². The highest BCUT2D eigenvalue weighted by atomic mass is 32.1. The predicted molar refractivity (Wildman–Crippen MR) is 157 cm³/mol. The van der Waals surface area contributed by atoms with E-state index in [2.05, 4.69) is 37.9 Å². The first-order valence-electron chi connectivity index (χ1n) is 13.6. The Morgan fingerprint density at radius 1 is 1.08 bits per heavy atom. The van der Waals surface area contributed by atoms with E-state index in [0.717, 1.165) is 27.2 Å². The minimum Gasteiger partial charge on any atom is -0.353 e. The lowest BCUT2D eigenvalue weighted by atomic mass is 9.94. The van der Waals surface area contributed by atoms with Gasteiger partial charge in [0.25, 0.3) is 0 Å². The van der Waals surface area contributed by atoms with Crippen LogP contribution in [-0.4, -0.2) is 28.5 Å². The van der Waals surface area contributed by atoms with Crippen molar-refractivity contribution in [2.24, 2.45) is 5.92 Å². The number of carbonyl (C=O) groups is 3. The summed E-state index contributed by atoms with van der Waals surface area (Å²) in [6, 6.07) is 17.5. The molecule has 0 fully saturated rings. The smallest absolute Gasteiger partial charge is 0.224 e. The summed E-state index contributed by atoms with van der Waals surface area (Å²) in [5.41, 5.74) is 3.08. The van der Waals surface area contributed by atoms with Crippen molar-refractivity contribution in [1.29, 1.82) is 5.26 Å². The zero-order chi connectivity index (χ0) is 28.4. The van der Waals surface area contributed by atoms with E-state index in [1.54, 1.807) is 17.4 Å². The number of nitrogens with one attached hydrogen (secondary N) is 1. The van der Waals surface area contributed by atoms with Crippen molar-refractivity contribution in [3.8, 4) is 6.07 Å². The molecule has 39 heavy (non-hydrogen) atoms. The van der Waals surface area contributed by atoms with E-state index < -0.39 is 5.92 Å². The third-order valence-electron chi connectivity index (χ3n) is 6.78. The van der Waals surface area contributed by atoms with Crippen molar-refractivity contribution < 1.29 is 14.4 Å². The fourth-order valence-corrected chi connectivity index (χ4v) is 5.62. The number of fused-ring (bicyclic) bond motifs is 1. The Labute approximate surface area is 235 Å². The molecule has 6 nitrogen and oxygen atoms in total. The highest BCUT2D eigenvalue weighted by molar-refractivity contribution is 7.18. The molecule has 0 spiro atoms. The zero-order valence-electron chi connectivity index (χ0n) is 23.0. The zero-order valence-corrected chi connectivity index (χ0v) is 23.9. The molecule has 7 heteroatoms. The largest absolute Gasteiger partial charge is 0.353 e. The van der Waals surface area contributed by atoms with E-state index in [1.165, 1.54) is 5.56 Å². The van der Waals surface area contributed by atoms with E-state index in [9.17, 15) is 14.4 Å². The average Bonchev–Trinajstić information content (AvgIpc) is 3.33. The predicted octanol–water partition coefficient (Wildman–Crippen LogP) is 6.49. The molecule has 1 aromatic heterocycles. The minimum absolute atomic E-state index is 0.0564. The standard InChI is InChI=1S/C32H37N3O3S/c1-5-9-27(36)17-25(19-31-35-28-14-12-24(21(2)3)18-30(28)39-31)32(38)34-26(13-15-29(37)22(4)20-33)16-23-10-7-6-8-11-23/h6-8,10-12,14,18,21,25-26H,4-5,9,13,15-17,19H2,1-3H3,(H,34,38)/t25-,26+/m0/s1. The molecule has 0 unspecified atom stereocenters. The molecule has 0 saturated heterocycles.